The third-order valence-corrected chi connectivity index (χ3v) is 2.93. The third-order valence-electron chi connectivity index (χ3n) is 2.93. The van der Waals surface area contributed by atoms with Crippen molar-refractivity contribution >= 4 is 0 Å². The van der Waals surface area contributed by atoms with Gasteiger partial charge in [0.05, 0.1) is 11.1 Å². The lowest BCUT2D eigenvalue weighted by atomic mass is 10.1. The number of nitriles is 2. The average Bonchev–Trinajstić information content (AvgIpc) is 2.49. The van der Waals surface area contributed by atoms with Crippen LogP contribution in [0.25, 0.3) is 0 Å². The van der Waals surface area contributed by atoms with Crippen LogP contribution in [0, 0.1) is 22.7 Å². The van der Waals surface area contributed by atoms with Gasteiger partial charge in [-0.05, 0) is 42.3 Å². The second-order valence-electron chi connectivity index (χ2n) is 4.43. The highest BCUT2D eigenvalue weighted by Gasteiger charge is 2.04. The highest BCUT2D eigenvalue weighted by atomic mass is 16.5. The zero-order valence-electron chi connectivity index (χ0n) is 11.3. The van der Waals surface area contributed by atoms with E-state index in [-0.39, 0.29) is 0 Å². The van der Waals surface area contributed by atoms with Crippen LogP contribution in [0.15, 0.2) is 42.5 Å². The molecule has 20 heavy (non-hydrogen) atoms. The average molecular weight is 262 g/mol. The lowest BCUT2D eigenvalue weighted by molar-refractivity contribution is 0.482. The third kappa shape index (κ3) is 3.16. The predicted molar refractivity (Wildman–Crippen MR) is 76.4 cm³/mol. The zero-order valence-corrected chi connectivity index (χ0v) is 11.3. The molecule has 0 bridgehead atoms. The fourth-order valence-electron chi connectivity index (χ4n) is 1.93. The maximum absolute atomic E-state index is 8.98. The number of hydrogen-bond acceptors (Lipinski definition) is 3. The van der Waals surface area contributed by atoms with Crippen molar-refractivity contribution in [3.8, 4) is 23.6 Å². The summed E-state index contributed by atoms with van der Waals surface area (Å²) in [5.41, 5.74) is 1.96. The van der Waals surface area contributed by atoms with Crippen LogP contribution >= 0.6 is 0 Å². The van der Waals surface area contributed by atoms with Crippen molar-refractivity contribution in [2.45, 2.75) is 19.8 Å². The largest absolute Gasteiger partial charge is 0.457 e. The lowest BCUT2D eigenvalue weighted by Gasteiger charge is -2.07. The smallest absolute Gasteiger partial charge is 0.128 e. The van der Waals surface area contributed by atoms with Crippen LogP contribution in [0.4, 0.5) is 0 Å². The van der Waals surface area contributed by atoms with E-state index in [9.17, 15) is 0 Å². The molecule has 0 fully saturated rings. The van der Waals surface area contributed by atoms with Crippen molar-refractivity contribution in [1.29, 1.82) is 10.5 Å². The van der Waals surface area contributed by atoms with E-state index in [1.54, 1.807) is 18.2 Å². The Balaban J connectivity index is 2.18. The summed E-state index contributed by atoms with van der Waals surface area (Å²) in [6.45, 7) is 2.14. The van der Waals surface area contributed by atoms with Gasteiger partial charge in [-0.2, -0.15) is 10.5 Å². The molecule has 2 rings (SSSR count). The van der Waals surface area contributed by atoms with Gasteiger partial charge in [0.1, 0.15) is 23.6 Å². The first-order valence-corrected chi connectivity index (χ1v) is 6.48. The van der Waals surface area contributed by atoms with Crippen LogP contribution in [-0.2, 0) is 6.42 Å². The quantitative estimate of drug-likeness (QED) is 0.830. The molecule has 3 heteroatoms. The van der Waals surface area contributed by atoms with E-state index >= 15 is 0 Å². The van der Waals surface area contributed by atoms with Gasteiger partial charge in [0.2, 0.25) is 0 Å². The van der Waals surface area contributed by atoms with Crippen LogP contribution in [0.5, 0.6) is 11.5 Å². The Bertz CT molecular complexity index is 676. The Labute approximate surface area is 118 Å². The maximum atomic E-state index is 8.98. The molecule has 0 aliphatic heterocycles. The molecule has 0 aliphatic carbocycles. The summed E-state index contributed by atoms with van der Waals surface area (Å²) >= 11 is 0. The summed E-state index contributed by atoms with van der Waals surface area (Å²) in [6.07, 6.45) is 2.16. The fraction of sp³-hybridized carbons (Fsp3) is 0.176. The van der Waals surface area contributed by atoms with Crippen molar-refractivity contribution in [1.82, 2.24) is 0 Å². The molecule has 0 unspecified atom stereocenters. The molecule has 2 aromatic carbocycles. The van der Waals surface area contributed by atoms with E-state index < -0.39 is 0 Å². The molecule has 0 aromatic heterocycles. The summed E-state index contributed by atoms with van der Waals surface area (Å²) in [6, 6.07) is 16.7. The van der Waals surface area contributed by atoms with Gasteiger partial charge in [-0.3, -0.25) is 0 Å². The van der Waals surface area contributed by atoms with E-state index in [2.05, 4.69) is 6.92 Å². The molecule has 0 saturated carbocycles. The highest BCUT2D eigenvalue weighted by molar-refractivity contribution is 5.50. The molecule has 0 N–H and O–H groups in total. The first kappa shape index (κ1) is 13.6. The number of ether oxygens (including phenoxy) is 1. The Hall–Kier alpha value is -2.78. The maximum Gasteiger partial charge on any atom is 0.128 e. The van der Waals surface area contributed by atoms with Crippen molar-refractivity contribution in [2.24, 2.45) is 0 Å². The SMILES string of the molecule is CCCc1ccc(Oc2ccc(C#N)c(C#N)c2)cc1. The van der Waals surface area contributed by atoms with E-state index in [0.29, 0.717) is 16.9 Å². The Kier molecular flexibility index (Phi) is 4.37. The monoisotopic (exact) mass is 262 g/mol. The van der Waals surface area contributed by atoms with Gasteiger partial charge in [0, 0.05) is 0 Å². The van der Waals surface area contributed by atoms with Crippen LogP contribution in [0.2, 0.25) is 0 Å². The number of rotatable bonds is 4. The van der Waals surface area contributed by atoms with Crippen LogP contribution in [-0.4, -0.2) is 0 Å². The van der Waals surface area contributed by atoms with Gasteiger partial charge in [-0.25, -0.2) is 0 Å². The highest BCUT2D eigenvalue weighted by Crippen LogP contribution is 2.24. The fourth-order valence-corrected chi connectivity index (χ4v) is 1.93. The summed E-state index contributed by atoms with van der Waals surface area (Å²) in [5, 5.41) is 17.8. The normalized spacial score (nSPS) is 9.55. The topological polar surface area (TPSA) is 56.8 Å². The Morgan fingerprint density at radius 2 is 1.55 bits per heavy atom. The molecule has 0 spiro atoms. The van der Waals surface area contributed by atoms with Crippen molar-refractivity contribution < 1.29 is 4.74 Å². The lowest BCUT2D eigenvalue weighted by Crippen LogP contribution is -1.89. The summed E-state index contributed by atoms with van der Waals surface area (Å²) in [4.78, 5) is 0. The minimum Gasteiger partial charge on any atom is -0.457 e. The molecule has 98 valence electrons. The van der Waals surface area contributed by atoms with Crippen molar-refractivity contribution in [3.05, 3.63) is 59.2 Å². The first-order valence-electron chi connectivity index (χ1n) is 6.48. The number of nitrogens with zero attached hydrogens (tertiary/aromatic N) is 2. The summed E-state index contributed by atoms with van der Waals surface area (Å²) in [7, 11) is 0. The van der Waals surface area contributed by atoms with Crippen LogP contribution in [0.1, 0.15) is 30.0 Å². The molecule has 3 nitrogen and oxygen atoms in total. The van der Waals surface area contributed by atoms with Crippen molar-refractivity contribution in [3.63, 3.8) is 0 Å². The van der Waals surface area contributed by atoms with Crippen LogP contribution in [0.3, 0.4) is 0 Å². The van der Waals surface area contributed by atoms with Crippen LogP contribution < -0.4 is 4.74 Å². The molecule has 0 atom stereocenters. The minimum atomic E-state index is 0.326. The molecule has 0 amide bonds. The molecule has 0 heterocycles. The molecule has 0 saturated heterocycles. The molecular weight excluding hydrogens is 248 g/mol. The Morgan fingerprint density at radius 3 is 2.15 bits per heavy atom. The first-order chi connectivity index (χ1) is 9.76. The molecule has 0 radical (unpaired) electrons. The van der Waals surface area contributed by atoms with Gasteiger partial charge in [0.25, 0.3) is 0 Å². The van der Waals surface area contributed by atoms with Gasteiger partial charge in [-0.15, -0.1) is 0 Å². The van der Waals surface area contributed by atoms with Gasteiger partial charge in [-0.1, -0.05) is 25.5 Å². The summed E-state index contributed by atoms with van der Waals surface area (Å²) in [5.74, 6) is 1.28. The standard InChI is InChI=1S/C17H14N2O/c1-2-3-13-4-7-16(8-5-13)20-17-9-6-14(11-18)15(10-17)12-19/h4-10H,2-3H2,1H3. The van der Waals surface area contributed by atoms with E-state index in [1.807, 2.05) is 36.4 Å². The Morgan fingerprint density at radius 1 is 0.900 bits per heavy atom. The zero-order chi connectivity index (χ0) is 14.4. The van der Waals surface area contributed by atoms with Gasteiger partial charge < -0.3 is 4.74 Å². The van der Waals surface area contributed by atoms with E-state index in [1.165, 1.54) is 5.56 Å². The second kappa shape index (κ2) is 6.41. The molecule has 2 aromatic rings. The number of aryl methyl sites for hydroxylation is 1. The number of benzene rings is 2. The summed E-state index contributed by atoms with van der Waals surface area (Å²) < 4.78 is 5.69. The molecular formula is C17H14N2O. The molecule has 0 aliphatic rings. The number of hydrogen-bond donors (Lipinski definition) is 0. The second-order valence-corrected chi connectivity index (χ2v) is 4.43. The van der Waals surface area contributed by atoms with Gasteiger partial charge in [0.15, 0.2) is 0 Å². The predicted octanol–water partition coefficient (Wildman–Crippen LogP) is 4.17. The van der Waals surface area contributed by atoms with Gasteiger partial charge >= 0.3 is 0 Å². The van der Waals surface area contributed by atoms with Crippen molar-refractivity contribution in [2.75, 3.05) is 0 Å². The van der Waals surface area contributed by atoms with E-state index in [4.69, 9.17) is 15.3 Å². The van der Waals surface area contributed by atoms with E-state index in [0.717, 1.165) is 18.6 Å². The minimum absolute atomic E-state index is 0.326.